The van der Waals surface area contributed by atoms with Crippen LogP contribution in [0.1, 0.15) is 52.4 Å². The SMILES string of the molecule is C#CCCCCNC(=O)CCC(C)(C)CCN. The molecule has 3 nitrogen and oxygen atoms in total. The Balaban J connectivity index is 3.56. The number of carbonyl (C=O) groups excluding carboxylic acids is 1. The Morgan fingerprint density at radius 3 is 2.65 bits per heavy atom. The van der Waals surface area contributed by atoms with E-state index < -0.39 is 0 Å². The Labute approximate surface area is 106 Å². The number of hydrogen-bond donors (Lipinski definition) is 2. The molecule has 0 aromatic heterocycles. The van der Waals surface area contributed by atoms with Crippen LogP contribution in [-0.4, -0.2) is 19.0 Å². The Morgan fingerprint density at radius 2 is 2.06 bits per heavy atom. The molecule has 0 spiro atoms. The van der Waals surface area contributed by atoms with E-state index in [4.69, 9.17) is 12.2 Å². The second-order valence-corrected chi connectivity index (χ2v) is 5.21. The van der Waals surface area contributed by atoms with Crippen LogP contribution in [0, 0.1) is 17.8 Å². The van der Waals surface area contributed by atoms with Crippen LogP contribution in [0.4, 0.5) is 0 Å². The van der Waals surface area contributed by atoms with Crippen molar-refractivity contribution < 1.29 is 4.79 Å². The lowest BCUT2D eigenvalue weighted by atomic mass is 9.84. The Morgan fingerprint density at radius 1 is 1.35 bits per heavy atom. The monoisotopic (exact) mass is 238 g/mol. The summed E-state index contributed by atoms with van der Waals surface area (Å²) in [7, 11) is 0. The van der Waals surface area contributed by atoms with Gasteiger partial charge in [0.25, 0.3) is 0 Å². The van der Waals surface area contributed by atoms with E-state index in [1.807, 2.05) is 0 Å². The summed E-state index contributed by atoms with van der Waals surface area (Å²) in [5.41, 5.74) is 5.69. The van der Waals surface area contributed by atoms with Gasteiger partial charge in [-0.05, 0) is 37.6 Å². The van der Waals surface area contributed by atoms with Gasteiger partial charge >= 0.3 is 0 Å². The highest BCUT2D eigenvalue weighted by molar-refractivity contribution is 5.75. The van der Waals surface area contributed by atoms with E-state index in [0.29, 0.717) is 13.0 Å². The molecule has 0 aromatic rings. The summed E-state index contributed by atoms with van der Waals surface area (Å²) < 4.78 is 0. The van der Waals surface area contributed by atoms with Crippen molar-refractivity contribution in [1.82, 2.24) is 5.32 Å². The molecule has 0 saturated heterocycles. The molecular formula is C14H26N2O. The fourth-order valence-electron chi connectivity index (χ4n) is 1.64. The maximum Gasteiger partial charge on any atom is 0.220 e. The number of amides is 1. The van der Waals surface area contributed by atoms with Gasteiger partial charge in [0.1, 0.15) is 0 Å². The minimum Gasteiger partial charge on any atom is -0.356 e. The second kappa shape index (κ2) is 9.07. The van der Waals surface area contributed by atoms with Crippen molar-refractivity contribution in [3.63, 3.8) is 0 Å². The summed E-state index contributed by atoms with van der Waals surface area (Å²) >= 11 is 0. The zero-order valence-corrected chi connectivity index (χ0v) is 11.2. The largest absolute Gasteiger partial charge is 0.356 e. The third kappa shape index (κ3) is 9.89. The average Bonchev–Trinajstić information content (AvgIpc) is 2.26. The Hall–Kier alpha value is -1.01. The molecule has 0 atom stereocenters. The topological polar surface area (TPSA) is 55.1 Å². The van der Waals surface area contributed by atoms with Gasteiger partial charge in [-0.2, -0.15) is 0 Å². The number of hydrogen-bond acceptors (Lipinski definition) is 2. The standard InChI is InChI=1S/C14H26N2O/c1-4-5-6-7-12-16-13(17)8-9-14(2,3)10-11-15/h1H,5-12,15H2,2-3H3,(H,16,17). The number of rotatable bonds is 9. The van der Waals surface area contributed by atoms with Crippen LogP contribution >= 0.6 is 0 Å². The van der Waals surface area contributed by atoms with Gasteiger partial charge in [-0.25, -0.2) is 0 Å². The van der Waals surface area contributed by atoms with E-state index in [-0.39, 0.29) is 11.3 Å². The van der Waals surface area contributed by atoms with E-state index in [9.17, 15) is 4.79 Å². The van der Waals surface area contributed by atoms with Crippen molar-refractivity contribution in [2.24, 2.45) is 11.1 Å². The highest BCUT2D eigenvalue weighted by Crippen LogP contribution is 2.25. The molecule has 98 valence electrons. The first kappa shape index (κ1) is 16.0. The molecule has 0 bridgehead atoms. The van der Waals surface area contributed by atoms with Crippen LogP contribution in [0.15, 0.2) is 0 Å². The van der Waals surface area contributed by atoms with E-state index in [1.54, 1.807) is 0 Å². The number of carbonyl (C=O) groups is 1. The number of nitrogens with one attached hydrogen (secondary N) is 1. The van der Waals surface area contributed by atoms with Gasteiger partial charge in [0.2, 0.25) is 5.91 Å². The molecule has 0 saturated carbocycles. The fraction of sp³-hybridized carbons (Fsp3) is 0.786. The summed E-state index contributed by atoms with van der Waals surface area (Å²) in [6.45, 7) is 5.72. The Kier molecular flexibility index (Phi) is 8.53. The molecule has 0 rings (SSSR count). The molecule has 0 fully saturated rings. The molecule has 0 aliphatic rings. The predicted octanol–water partition coefficient (Wildman–Crippen LogP) is 2.06. The summed E-state index contributed by atoms with van der Waals surface area (Å²) in [6.07, 6.45) is 10.3. The summed E-state index contributed by atoms with van der Waals surface area (Å²) in [6, 6.07) is 0. The summed E-state index contributed by atoms with van der Waals surface area (Å²) in [5.74, 6) is 2.73. The molecular weight excluding hydrogens is 212 g/mol. The number of nitrogens with two attached hydrogens (primary N) is 1. The normalized spacial score (nSPS) is 10.9. The highest BCUT2D eigenvalue weighted by Gasteiger charge is 2.17. The minimum atomic E-state index is 0.135. The fourth-order valence-corrected chi connectivity index (χ4v) is 1.64. The first-order chi connectivity index (χ1) is 8.02. The molecule has 0 aromatic carbocycles. The molecule has 17 heavy (non-hydrogen) atoms. The smallest absolute Gasteiger partial charge is 0.220 e. The van der Waals surface area contributed by atoms with Gasteiger partial charge in [-0.3, -0.25) is 4.79 Å². The predicted molar refractivity (Wildman–Crippen MR) is 72.4 cm³/mol. The maximum absolute atomic E-state index is 11.5. The van der Waals surface area contributed by atoms with Gasteiger partial charge in [0.05, 0.1) is 0 Å². The summed E-state index contributed by atoms with van der Waals surface area (Å²) in [5, 5.41) is 2.92. The van der Waals surface area contributed by atoms with Crippen LogP contribution in [-0.2, 0) is 4.79 Å². The number of unbranched alkanes of at least 4 members (excludes halogenated alkanes) is 2. The maximum atomic E-state index is 11.5. The van der Waals surface area contributed by atoms with Crippen molar-refractivity contribution in [1.29, 1.82) is 0 Å². The molecule has 3 N–H and O–H groups in total. The Bertz CT molecular complexity index is 253. The van der Waals surface area contributed by atoms with Crippen molar-refractivity contribution >= 4 is 5.91 Å². The molecule has 3 heteroatoms. The van der Waals surface area contributed by atoms with Crippen molar-refractivity contribution in [2.75, 3.05) is 13.1 Å². The van der Waals surface area contributed by atoms with Crippen molar-refractivity contribution in [3.8, 4) is 12.3 Å². The van der Waals surface area contributed by atoms with Crippen molar-refractivity contribution in [3.05, 3.63) is 0 Å². The zero-order valence-electron chi connectivity index (χ0n) is 11.2. The molecule has 1 amide bonds. The molecule has 0 unspecified atom stereocenters. The third-order valence-corrected chi connectivity index (χ3v) is 2.92. The summed E-state index contributed by atoms with van der Waals surface area (Å²) in [4.78, 5) is 11.5. The number of terminal acetylenes is 1. The minimum absolute atomic E-state index is 0.135. The molecule has 0 radical (unpaired) electrons. The third-order valence-electron chi connectivity index (χ3n) is 2.92. The van der Waals surface area contributed by atoms with Gasteiger partial charge in [-0.1, -0.05) is 13.8 Å². The van der Waals surface area contributed by atoms with Crippen LogP contribution < -0.4 is 11.1 Å². The van der Waals surface area contributed by atoms with Crippen LogP contribution in [0.5, 0.6) is 0 Å². The average molecular weight is 238 g/mol. The van der Waals surface area contributed by atoms with E-state index in [2.05, 4.69) is 25.1 Å². The van der Waals surface area contributed by atoms with Gasteiger partial charge < -0.3 is 11.1 Å². The van der Waals surface area contributed by atoms with Crippen LogP contribution in [0.25, 0.3) is 0 Å². The van der Waals surface area contributed by atoms with E-state index in [1.165, 1.54) is 0 Å². The van der Waals surface area contributed by atoms with E-state index >= 15 is 0 Å². The van der Waals surface area contributed by atoms with Crippen LogP contribution in [0.3, 0.4) is 0 Å². The molecule has 0 aliphatic carbocycles. The molecule has 0 aliphatic heterocycles. The van der Waals surface area contributed by atoms with Gasteiger partial charge in [-0.15, -0.1) is 12.3 Å². The first-order valence-electron chi connectivity index (χ1n) is 6.42. The lowest BCUT2D eigenvalue weighted by Gasteiger charge is -2.23. The van der Waals surface area contributed by atoms with E-state index in [0.717, 1.165) is 38.6 Å². The van der Waals surface area contributed by atoms with Gasteiger partial charge in [0.15, 0.2) is 0 Å². The second-order valence-electron chi connectivity index (χ2n) is 5.21. The first-order valence-corrected chi connectivity index (χ1v) is 6.42. The van der Waals surface area contributed by atoms with Gasteiger partial charge in [0, 0.05) is 19.4 Å². The lowest BCUT2D eigenvalue weighted by Crippen LogP contribution is -2.26. The van der Waals surface area contributed by atoms with Crippen molar-refractivity contribution in [2.45, 2.75) is 52.4 Å². The lowest BCUT2D eigenvalue weighted by molar-refractivity contribution is -0.121. The quantitative estimate of drug-likeness (QED) is 0.477. The zero-order chi connectivity index (χ0) is 13.1. The molecule has 0 heterocycles. The highest BCUT2D eigenvalue weighted by atomic mass is 16.1. The van der Waals surface area contributed by atoms with Crippen LogP contribution in [0.2, 0.25) is 0 Å².